The molecule has 0 aliphatic rings. The average Bonchev–Trinajstić information content (AvgIpc) is 1.00. The molecule has 0 heterocycles. The zero-order chi connectivity index (χ0) is 2.00. The molecule has 0 rings (SSSR count). The van der Waals surface area contributed by atoms with Gasteiger partial charge >= 0.3 is 32.0 Å². The zero-order valence-electron chi connectivity index (χ0n) is 1.26. The first-order valence-electron chi connectivity index (χ1n) is 0.183. The van der Waals surface area contributed by atoms with Crippen LogP contribution in [0.15, 0.2) is 0 Å². The molecule has 0 unspecified atom stereocenters. The molecule has 0 aromatic rings. The molecule has 4 heavy (non-hydrogen) atoms. The van der Waals surface area contributed by atoms with E-state index in [0.29, 0.717) is 0 Å². The fourth-order valence-electron chi connectivity index (χ4n) is 0. The Kier molecular flexibility index (Phi) is 74.5. The molecule has 0 amide bonds. The van der Waals surface area contributed by atoms with Crippen LogP contribution in [0.3, 0.4) is 0 Å². The minimum absolute atomic E-state index is 0. The van der Waals surface area contributed by atoms with Gasteiger partial charge in [-0.3, -0.25) is 0 Å². The molecule has 0 N–H and O–H groups in total. The van der Waals surface area contributed by atoms with Crippen molar-refractivity contribution >= 4 is 17.4 Å². The first-order chi connectivity index (χ1) is 1.00. The van der Waals surface area contributed by atoms with E-state index in [9.17, 15) is 0 Å². The van der Waals surface area contributed by atoms with E-state index in [1.54, 1.807) is 0 Å². The summed E-state index contributed by atoms with van der Waals surface area (Å²) in [6, 6.07) is 0. The minimum atomic E-state index is 0. The van der Waals surface area contributed by atoms with Gasteiger partial charge < -0.3 is 0 Å². The zero-order valence-corrected chi connectivity index (χ0v) is 5.94. The number of rotatable bonds is 0. The van der Waals surface area contributed by atoms with Gasteiger partial charge in [-0.15, -0.1) is 0 Å². The van der Waals surface area contributed by atoms with Crippen LogP contribution in [0.4, 0.5) is 0 Å². The van der Waals surface area contributed by atoms with E-state index in [0.717, 1.165) is 0 Å². The van der Waals surface area contributed by atoms with Crippen molar-refractivity contribution in [3.05, 3.63) is 0 Å². The van der Waals surface area contributed by atoms with Crippen LogP contribution in [0.25, 0.3) is 0 Å². The molecule has 0 atom stereocenters. The summed E-state index contributed by atoms with van der Waals surface area (Å²) in [5.74, 6) is 0. The fraction of sp³-hybridized carbons (Fsp3) is 0. The van der Waals surface area contributed by atoms with Crippen LogP contribution in [0.1, 0.15) is 0 Å². The second kappa shape index (κ2) is 18.4. The maximum absolute atomic E-state index is 2.32. The first-order valence-corrected chi connectivity index (χ1v) is 4.45. The molecular weight excluding hydrogens is 226 g/mol. The van der Waals surface area contributed by atoms with Crippen molar-refractivity contribution in [3.63, 3.8) is 0 Å². The van der Waals surface area contributed by atoms with Gasteiger partial charge in [-0.05, 0) is 0 Å². The van der Waals surface area contributed by atoms with Crippen LogP contribution in [0.5, 0.6) is 0 Å². The number of hydrogen-bond acceptors (Lipinski definition) is 0. The molecule has 0 saturated carbocycles. The van der Waals surface area contributed by atoms with E-state index in [4.69, 9.17) is 0 Å². The van der Waals surface area contributed by atoms with E-state index in [-0.39, 0.29) is 34.7 Å². The van der Waals surface area contributed by atoms with E-state index >= 15 is 0 Å². The van der Waals surface area contributed by atoms with Gasteiger partial charge in [-0.25, -0.2) is 0 Å². The van der Waals surface area contributed by atoms with Gasteiger partial charge in [-0.2, -0.15) is 0 Å². The van der Waals surface area contributed by atoms with E-state index in [1.165, 1.54) is 0 Å². The quantitative estimate of drug-likeness (QED) is 0.458. The normalized spacial score (nSPS) is 1.00. The third-order valence-electron chi connectivity index (χ3n) is 0. The molecule has 0 bridgehead atoms. The topological polar surface area (TPSA) is 0 Å². The Morgan fingerprint density at radius 3 is 1.25 bits per heavy atom. The second-order valence-corrected chi connectivity index (χ2v) is 0. The SMILES string of the molecule is [AlH3].[Cr].[V][Mo]. The van der Waals surface area contributed by atoms with Gasteiger partial charge in [0.1, 0.15) is 0 Å². The third-order valence-corrected chi connectivity index (χ3v) is 0. The van der Waals surface area contributed by atoms with Crippen LogP contribution >= 0.6 is 0 Å². The molecule has 0 nitrogen and oxygen atoms in total. The standard InChI is InChI=1S/Al.Cr.Mo.V.3H. The van der Waals surface area contributed by atoms with Crippen LogP contribution < -0.4 is 0 Å². The second-order valence-electron chi connectivity index (χ2n) is 0. The number of hydrogen-bond donors (Lipinski definition) is 0. The van der Waals surface area contributed by atoms with Crippen LogP contribution in [0, 0.1) is 0 Å². The summed E-state index contributed by atoms with van der Waals surface area (Å²) in [5, 5.41) is 0. The molecule has 0 aliphatic heterocycles. The van der Waals surface area contributed by atoms with Crippen molar-refractivity contribution in [2.24, 2.45) is 0 Å². The van der Waals surface area contributed by atoms with Crippen molar-refractivity contribution in [2.75, 3.05) is 0 Å². The Balaban J connectivity index is -0.00000000500. The Morgan fingerprint density at radius 1 is 1.25 bits per heavy atom. The predicted molar refractivity (Wildman–Crippen MR) is 9.94 cm³/mol. The van der Waals surface area contributed by atoms with Crippen molar-refractivity contribution < 1.29 is 49.4 Å². The van der Waals surface area contributed by atoms with Gasteiger partial charge in [-0.1, -0.05) is 0 Å². The average molecular weight is 229 g/mol. The predicted octanol–water partition coefficient (Wildman–Crippen LogP) is -1.19. The molecule has 0 aromatic heterocycles. The van der Waals surface area contributed by atoms with Gasteiger partial charge in [0.2, 0.25) is 0 Å². The Bertz CT molecular complexity index is 8.00. The summed E-state index contributed by atoms with van der Waals surface area (Å²) in [6.45, 7) is 0. The summed E-state index contributed by atoms with van der Waals surface area (Å²) >= 11 is 4.21. The summed E-state index contributed by atoms with van der Waals surface area (Å²) in [7, 11) is 0. The molecule has 0 saturated heterocycles. The molecule has 0 aromatic carbocycles. The fourth-order valence-corrected chi connectivity index (χ4v) is 0. The molecule has 0 aliphatic carbocycles. The monoisotopic (exact) mass is 231 g/mol. The van der Waals surface area contributed by atoms with Crippen molar-refractivity contribution in [1.82, 2.24) is 0 Å². The van der Waals surface area contributed by atoms with E-state index < -0.39 is 0 Å². The van der Waals surface area contributed by atoms with Gasteiger partial charge in [0.05, 0.1) is 0 Å². The van der Waals surface area contributed by atoms with Crippen molar-refractivity contribution in [1.29, 1.82) is 0 Å². The summed E-state index contributed by atoms with van der Waals surface area (Å²) in [4.78, 5) is 0. The van der Waals surface area contributed by atoms with Crippen LogP contribution in [-0.4, -0.2) is 17.4 Å². The Labute approximate surface area is 65.9 Å². The molecule has 23 valence electrons. The van der Waals surface area contributed by atoms with Gasteiger partial charge in [0, 0.05) is 17.4 Å². The summed E-state index contributed by atoms with van der Waals surface area (Å²) in [5.41, 5.74) is 0. The van der Waals surface area contributed by atoms with Crippen molar-refractivity contribution in [2.45, 2.75) is 0 Å². The third kappa shape index (κ3) is 8.84. The van der Waals surface area contributed by atoms with E-state index in [2.05, 4.69) is 14.6 Å². The van der Waals surface area contributed by atoms with Gasteiger partial charge in [0.25, 0.3) is 0 Å². The maximum atomic E-state index is 2.32. The summed E-state index contributed by atoms with van der Waals surface area (Å²) < 4.78 is 0. The first kappa shape index (κ1) is 16.2. The molecule has 4 heteroatoms. The molecule has 0 spiro atoms. The van der Waals surface area contributed by atoms with Crippen LogP contribution in [-0.2, 0) is 49.4 Å². The van der Waals surface area contributed by atoms with Crippen LogP contribution in [0.2, 0.25) is 0 Å². The molecule has 0 fully saturated rings. The van der Waals surface area contributed by atoms with E-state index in [1.807, 2.05) is 17.4 Å². The Hall–Kier alpha value is 2.34. The molecule has 0 radical (unpaired) electrons. The van der Waals surface area contributed by atoms with Crippen molar-refractivity contribution in [3.8, 4) is 0 Å². The Morgan fingerprint density at radius 2 is 1.25 bits per heavy atom. The molecular formula is H3AlCrMoV. The van der Waals surface area contributed by atoms with Gasteiger partial charge in [0.15, 0.2) is 17.4 Å². The summed E-state index contributed by atoms with van der Waals surface area (Å²) in [6.07, 6.45) is 0.